The van der Waals surface area contributed by atoms with Crippen LogP contribution in [-0.2, 0) is 17.6 Å². The summed E-state index contributed by atoms with van der Waals surface area (Å²) in [5, 5.41) is 14.2. The van der Waals surface area contributed by atoms with E-state index in [1.165, 1.54) is 0 Å². The van der Waals surface area contributed by atoms with E-state index in [1.807, 2.05) is 0 Å². The van der Waals surface area contributed by atoms with E-state index in [0.717, 1.165) is 61.3 Å². The van der Waals surface area contributed by atoms with E-state index in [0.29, 0.717) is 0 Å². The Balaban J connectivity index is 2.11. The Kier molecular flexibility index (Phi) is 8.13. The molecule has 1 aromatic heterocycles. The Labute approximate surface area is 114 Å². The minimum Gasteiger partial charge on any atom is -0.385 e. The van der Waals surface area contributed by atoms with Crippen LogP contribution in [0.25, 0.3) is 0 Å². The summed E-state index contributed by atoms with van der Waals surface area (Å²) in [4.78, 5) is 0. The van der Waals surface area contributed by atoms with E-state index in [1.54, 1.807) is 18.4 Å². The van der Waals surface area contributed by atoms with Gasteiger partial charge in [-0.15, -0.1) is 21.5 Å². The summed E-state index contributed by atoms with van der Waals surface area (Å²) in [6.07, 6.45) is 4.19. The Bertz CT molecular complexity index is 315. The molecule has 0 aromatic carbocycles. The third-order valence-corrected chi connectivity index (χ3v) is 3.59. The van der Waals surface area contributed by atoms with Crippen molar-refractivity contribution >= 4 is 11.3 Å². The van der Waals surface area contributed by atoms with E-state index < -0.39 is 0 Å². The lowest BCUT2D eigenvalue weighted by Gasteiger charge is -2.05. The summed E-state index contributed by atoms with van der Waals surface area (Å²) < 4.78 is 5.03. The fraction of sp³-hybridized carbons (Fsp3) is 0.846. The van der Waals surface area contributed by atoms with Crippen molar-refractivity contribution in [3.63, 3.8) is 0 Å². The number of nitrogens with one attached hydrogen (secondary N) is 1. The fourth-order valence-corrected chi connectivity index (χ4v) is 2.54. The molecule has 4 nitrogen and oxygen atoms in total. The maximum atomic E-state index is 5.03. The highest BCUT2D eigenvalue weighted by atomic mass is 32.1. The van der Waals surface area contributed by atoms with Crippen molar-refractivity contribution in [2.45, 2.75) is 39.5 Å². The lowest BCUT2D eigenvalue weighted by Crippen LogP contribution is -2.21. The van der Waals surface area contributed by atoms with Crippen LogP contribution in [0.2, 0.25) is 0 Å². The standard InChI is InChI=1S/C13H25N3OS/c1-11(2)10-14-8-4-6-12-15-16-13(18-12)7-5-9-17-3/h11,14H,4-10H2,1-3H3. The lowest BCUT2D eigenvalue weighted by molar-refractivity contribution is 0.195. The molecule has 0 saturated heterocycles. The molecule has 0 bridgehead atoms. The summed E-state index contributed by atoms with van der Waals surface area (Å²) in [5.41, 5.74) is 0. The van der Waals surface area contributed by atoms with Gasteiger partial charge in [-0.05, 0) is 31.8 Å². The molecule has 18 heavy (non-hydrogen) atoms. The molecule has 0 amide bonds. The summed E-state index contributed by atoms with van der Waals surface area (Å²) >= 11 is 1.74. The van der Waals surface area contributed by atoms with Crippen molar-refractivity contribution < 1.29 is 4.74 Å². The third kappa shape index (κ3) is 7.03. The van der Waals surface area contributed by atoms with Gasteiger partial charge in [0.05, 0.1) is 0 Å². The first-order valence-corrected chi connectivity index (χ1v) is 7.55. The van der Waals surface area contributed by atoms with E-state index in [9.17, 15) is 0 Å². The first kappa shape index (κ1) is 15.5. The van der Waals surface area contributed by atoms with Gasteiger partial charge in [-0.25, -0.2) is 0 Å². The number of rotatable bonds is 10. The molecule has 1 rings (SSSR count). The molecule has 0 spiro atoms. The van der Waals surface area contributed by atoms with Crippen LogP contribution < -0.4 is 5.32 Å². The molecule has 0 aliphatic heterocycles. The predicted molar refractivity (Wildman–Crippen MR) is 76.1 cm³/mol. The number of aromatic nitrogens is 2. The van der Waals surface area contributed by atoms with Crippen LogP contribution in [0.4, 0.5) is 0 Å². The summed E-state index contributed by atoms with van der Waals surface area (Å²) in [6, 6.07) is 0. The second-order valence-electron chi connectivity index (χ2n) is 4.89. The Hall–Kier alpha value is -0.520. The van der Waals surface area contributed by atoms with Crippen LogP contribution in [0.3, 0.4) is 0 Å². The van der Waals surface area contributed by atoms with E-state index in [4.69, 9.17) is 4.74 Å². The van der Waals surface area contributed by atoms with E-state index >= 15 is 0 Å². The van der Waals surface area contributed by atoms with Gasteiger partial charge in [-0.1, -0.05) is 13.8 Å². The fourth-order valence-electron chi connectivity index (χ4n) is 1.61. The van der Waals surface area contributed by atoms with Gasteiger partial charge in [-0.3, -0.25) is 0 Å². The number of aryl methyl sites for hydroxylation is 2. The van der Waals surface area contributed by atoms with Gasteiger partial charge in [-0.2, -0.15) is 0 Å². The number of methoxy groups -OCH3 is 1. The van der Waals surface area contributed by atoms with Crippen molar-refractivity contribution in [1.82, 2.24) is 15.5 Å². The van der Waals surface area contributed by atoms with Crippen LogP contribution in [0.5, 0.6) is 0 Å². The molecule has 5 heteroatoms. The molecule has 1 aromatic rings. The molecule has 0 aliphatic carbocycles. The van der Waals surface area contributed by atoms with Crippen LogP contribution in [0.1, 0.15) is 36.7 Å². The molecule has 0 fully saturated rings. The SMILES string of the molecule is COCCCc1nnc(CCCNCC(C)C)s1. The second-order valence-corrected chi connectivity index (χ2v) is 6.03. The third-order valence-electron chi connectivity index (χ3n) is 2.54. The molecule has 1 N–H and O–H groups in total. The predicted octanol–water partition coefficient (Wildman–Crippen LogP) is 2.30. The molecule has 0 atom stereocenters. The molecule has 0 radical (unpaired) electrons. The average molecular weight is 271 g/mol. The van der Waals surface area contributed by atoms with Gasteiger partial charge in [0.25, 0.3) is 0 Å². The summed E-state index contributed by atoms with van der Waals surface area (Å²) in [6.45, 7) is 7.41. The van der Waals surface area contributed by atoms with E-state index in [-0.39, 0.29) is 0 Å². The number of hydrogen-bond donors (Lipinski definition) is 1. The summed E-state index contributed by atoms with van der Waals surface area (Å²) in [7, 11) is 1.73. The van der Waals surface area contributed by atoms with Crippen LogP contribution in [-0.4, -0.2) is 37.0 Å². The van der Waals surface area contributed by atoms with Gasteiger partial charge in [0.15, 0.2) is 0 Å². The quantitative estimate of drug-likeness (QED) is 0.663. The Morgan fingerprint density at radius 3 is 2.44 bits per heavy atom. The van der Waals surface area contributed by atoms with E-state index in [2.05, 4.69) is 29.4 Å². The zero-order valence-electron chi connectivity index (χ0n) is 11.7. The maximum Gasteiger partial charge on any atom is 0.117 e. The zero-order valence-corrected chi connectivity index (χ0v) is 12.6. The number of hydrogen-bond acceptors (Lipinski definition) is 5. The molecule has 1 heterocycles. The average Bonchev–Trinajstić information content (AvgIpc) is 2.77. The van der Waals surface area contributed by atoms with Crippen molar-refractivity contribution in [1.29, 1.82) is 0 Å². The van der Waals surface area contributed by atoms with Gasteiger partial charge >= 0.3 is 0 Å². The van der Waals surface area contributed by atoms with Crippen molar-refractivity contribution in [2.24, 2.45) is 5.92 Å². The van der Waals surface area contributed by atoms with Crippen LogP contribution in [0, 0.1) is 5.92 Å². The molecule has 104 valence electrons. The normalized spacial score (nSPS) is 11.3. The van der Waals surface area contributed by atoms with Crippen LogP contribution >= 0.6 is 11.3 Å². The van der Waals surface area contributed by atoms with Crippen molar-refractivity contribution in [3.05, 3.63) is 10.0 Å². The molecular weight excluding hydrogens is 246 g/mol. The highest BCUT2D eigenvalue weighted by Crippen LogP contribution is 2.13. The van der Waals surface area contributed by atoms with Gasteiger partial charge < -0.3 is 10.1 Å². The maximum absolute atomic E-state index is 5.03. The van der Waals surface area contributed by atoms with Crippen LogP contribution in [0.15, 0.2) is 0 Å². The Morgan fingerprint density at radius 1 is 1.17 bits per heavy atom. The largest absolute Gasteiger partial charge is 0.385 e. The Morgan fingerprint density at radius 2 is 1.83 bits per heavy atom. The summed E-state index contributed by atoms with van der Waals surface area (Å²) in [5.74, 6) is 0.721. The van der Waals surface area contributed by atoms with Crippen molar-refractivity contribution in [2.75, 3.05) is 26.8 Å². The first-order chi connectivity index (χ1) is 8.72. The van der Waals surface area contributed by atoms with Gasteiger partial charge in [0.1, 0.15) is 10.0 Å². The smallest absolute Gasteiger partial charge is 0.117 e. The molecule has 0 saturated carbocycles. The van der Waals surface area contributed by atoms with Crippen molar-refractivity contribution in [3.8, 4) is 0 Å². The first-order valence-electron chi connectivity index (χ1n) is 6.73. The lowest BCUT2D eigenvalue weighted by atomic mass is 10.2. The minimum absolute atomic E-state index is 0.721. The molecular formula is C13H25N3OS. The zero-order chi connectivity index (χ0) is 13.2. The monoisotopic (exact) mass is 271 g/mol. The van der Waals surface area contributed by atoms with Gasteiger partial charge in [0.2, 0.25) is 0 Å². The highest BCUT2D eigenvalue weighted by molar-refractivity contribution is 7.11. The number of ether oxygens (including phenoxy) is 1. The minimum atomic E-state index is 0.721. The second kappa shape index (κ2) is 9.42. The van der Waals surface area contributed by atoms with Gasteiger partial charge in [0, 0.05) is 26.6 Å². The number of nitrogens with zero attached hydrogens (tertiary/aromatic N) is 2. The topological polar surface area (TPSA) is 47.0 Å². The highest BCUT2D eigenvalue weighted by Gasteiger charge is 2.03. The molecule has 0 aliphatic rings. The molecule has 0 unspecified atom stereocenters.